The number of nitrogens with one attached hydrogen (secondary N) is 1. The lowest BCUT2D eigenvalue weighted by Crippen LogP contribution is -2.48. The van der Waals surface area contributed by atoms with E-state index in [1.165, 1.54) is 12.1 Å². The van der Waals surface area contributed by atoms with E-state index in [0.717, 1.165) is 37.2 Å². The normalized spacial score (nSPS) is 16.7. The molecule has 0 spiro atoms. The van der Waals surface area contributed by atoms with Crippen LogP contribution in [0.1, 0.15) is 54.8 Å². The third-order valence-corrected chi connectivity index (χ3v) is 7.10. The Morgan fingerprint density at radius 2 is 1.79 bits per heavy atom. The number of rotatable bonds is 9. The molecule has 1 saturated heterocycles. The average molecular weight is 537 g/mol. The average Bonchev–Trinajstić information content (AvgIpc) is 3.65. The van der Waals surface area contributed by atoms with E-state index >= 15 is 0 Å². The molecule has 206 valence electrons. The number of amides is 1. The Morgan fingerprint density at radius 1 is 1.08 bits per heavy atom. The summed E-state index contributed by atoms with van der Waals surface area (Å²) in [5.41, 5.74) is 2.06. The monoisotopic (exact) mass is 536 g/mol. The Labute approximate surface area is 226 Å². The van der Waals surface area contributed by atoms with Gasteiger partial charge in [0.1, 0.15) is 19.3 Å². The van der Waals surface area contributed by atoms with Crippen molar-refractivity contribution >= 4 is 11.7 Å². The summed E-state index contributed by atoms with van der Waals surface area (Å²) in [5, 5.41) is 18.5. The summed E-state index contributed by atoms with van der Waals surface area (Å²) in [6.07, 6.45) is 2.64. The summed E-state index contributed by atoms with van der Waals surface area (Å²) >= 11 is 0. The predicted molar refractivity (Wildman–Crippen MR) is 142 cm³/mol. The first-order valence-electron chi connectivity index (χ1n) is 13.3. The van der Waals surface area contributed by atoms with Crippen molar-refractivity contribution in [2.75, 3.05) is 32.8 Å². The standard InChI is InChI=1S/C29H33FN4O5/c1-18(2)34-12-9-23(32-34)19-5-7-20(8-6-19)27(36)29(37)31-24(17-33-10-3-4-11-33)26(35)21-15-22(30)28-25(16-21)38-13-14-39-28/h5-9,12,15-16,18,24,26,35H,3-4,10-11,13-14,17H2,1-2H3,(H,31,37)/t24-,26-/m1/s1. The molecule has 0 unspecified atom stereocenters. The second-order valence-corrected chi connectivity index (χ2v) is 10.2. The second-order valence-electron chi connectivity index (χ2n) is 10.2. The summed E-state index contributed by atoms with van der Waals surface area (Å²) in [6.45, 7) is 6.53. The Bertz CT molecular complexity index is 1330. The van der Waals surface area contributed by atoms with Crippen molar-refractivity contribution in [3.8, 4) is 22.8 Å². The third-order valence-electron chi connectivity index (χ3n) is 7.10. The van der Waals surface area contributed by atoms with E-state index in [4.69, 9.17) is 9.47 Å². The van der Waals surface area contributed by atoms with Crippen molar-refractivity contribution in [2.45, 2.75) is 44.9 Å². The maximum Gasteiger partial charge on any atom is 0.292 e. The molecule has 2 aliphatic heterocycles. The maximum atomic E-state index is 14.7. The van der Waals surface area contributed by atoms with Crippen molar-refractivity contribution < 1.29 is 28.6 Å². The first-order valence-corrected chi connectivity index (χ1v) is 13.3. The number of nitrogens with zero attached hydrogens (tertiary/aromatic N) is 3. The van der Waals surface area contributed by atoms with Crippen molar-refractivity contribution in [1.82, 2.24) is 20.0 Å². The molecule has 2 aromatic carbocycles. The van der Waals surface area contributed by atoms with Crippen LogP contribution in [0.25, 0.3) is 11.3 Å². The van der Waals surface area contributed by atoms with Crippen LogP contribution in [0, 0.1) is 5.82 Å². The van der Waals surface area contributed by atoms with E-state index in [0.29, 0.717) is 6.54 Å². The molecule has 2 aliphatic rings. The van der Waals surface area contributed by atoms with Crippen LogP contribution in [0.3, 0.4) is 0 Å². The number of ether oxygens (including phenoxy) is 2. The fourth-order valence-electron chi connectivity index (χ4n) is 4.94. The minimum Gasteiger partial charge on any atom is -0.486 e. The molecule has 5 rings (SSSR count). The molecule has 1 amide bonds. The molecule has 0 radical (unpaired) electrons. The van der Waals surface area contributed by atoms with Crippen molar-refractivity contribution in [3.63, 3.8) is 0 Å². The van der Waals surface area contributed by atoms with Crippen LogP contribution < -0.4 is 14.8 Å². The molecule has 3 heterocycles. The van der Waals surface area contributed by atoms with Crippen LogP contribution in [0.4, 0.5) is 4.39 Å². The second kappa shape index (κ2) is 11.5. The summed E-state index contributed by atoms with van der Waals surface area (Å²) in [6, 6.07) is 10.7. The summed E-state index contributed by atoms with van der Waals surface area (Å²) in [7, 11) is 0. The van der Waals surface area contributed by atoms with Crippen molar-refractivity contribution in [1.29, 1.82) is 0 Å². The number of ketones is 1. The summed E-state index contributed by atoms with van der Waals surface area (Å²) in [4.78, 5) is 28.2. The number of likely N-dealkylation sites (tertiary alicyclic amines) is 1. The van der Waals surface area contributed by atoms with Gasteiger partial charge in [-0.25, -0.2) is 4.39 Å². The molecule has 2 atom stereocenters. The van der Waals surface area contributed by atoms with Crippen LogP contribution in [0.15, 0.2) is 48.7 Å². The van der Waals surface area contributed by atoms with Gasteiger partial charge in [-0.05, 0) is 63.5 Å². The van der Waals surface area contributed by atoms with Gasteiger partial charge >= 0.3 is 0 Å². The minimum atomic E-state index is -1.27. The Kier molecular flexibility index (Phi) is 7.94. The number of aliphatic hydroxyl groups is 1. The zero-order chi connectivity index (χ0) is 27.5. The number of aromatic nitrogens is 2. The van der Waals surface area contributed by atoms with Gasteiger partial charge in [-0.1, -0.05) is 24.3 Å². The van der Waals surface area contributed by atoms with Gasteiger partial charge in [0.25, 0.3) is 5.91 Å². The highest BCUT2D eigenvalue weighted by molar-refractivity contribution is 6.42. The third kappa shape index (κ3) is 5.97. The Balaban J connectivity index is 1.32. The lowest BCUT2D eigenvalue weighted by Gasteiger charge is -2.29. The predicted octanol–water partition coefficient (Wildman–Crippen LogP) is 3.54. The zero-order valence-electron chi connectivity index (χ0n) is 22.1. The van der Waals surface area contributed by atoms with Crippen LogP contribution in [0.2, 0.25) is 0 Å². The molecule has 2 N–H and O–H groups in total. The molecule has 1 fully saturated rings. The van der Waals surface area contributed by atoms with Crippen molar-refractivity contribution in [2.24, 2.45) is 0 Å². The minimum absolute atomic E-state index is 0.00641. The summed E-state index contributed by atoms with van der Waals surface area (Å²) < 4.78 is 27.4. The van der Waals surface area contributed by atoms with E-state index in [9.17, 15) is 19.1 Å². The topological polar surface area (TPSA) is 106 Å². The Morgan fingerprint density at radius 3 is 2.49 bits per heavy atom. The number of hydrogen-bond acceptors (Lipinski definition) is 7. The molecular weight excluding hydrogens is 503 g/mol. The molecule has 0 saturated carbocycles. The molecule has 3 aromatic rings. The number of aliphatic hydroxyl groups excluding tert-OH is 1. The van der Waals surface area contributed by atoms with Gasteiger partial charge in [0.05, 0.1) is 11.7 Å². The maximum absolute atomic E-state index is 14.7. The quantitative estimate of drug-likeness (QED) is 0.318. The molecule has 39 heavy (non-hydrogen) atoms. The summed E-state index contributed by atoms with van der Waals surface area (Å²) in [5.74, 6) is -2.00. The van der Waals surface area contributed by atoms with Crippen LogP contribution >= 0.6 is 0 Å². The van der Waals surface area contributed by atoms with E-state index in [1.807, 2.05) is 30.8 Å². The highest BCUT2D eigenvalue weighted by atomic mass is 19.1. The fourth-order valence-corrected chi connectivity index (χ4v) is 4.94. The van der Waals surface area contributed by atoms with E-state index in [-0.39, 0.29) is 41.9 Å². The van der Waals surface area contributed by atoms with Crippen LogP contribution in [0.5, 0.6) is 11.5 Å². The first kappa shape index (κ1) is 26.8. The van der Waals surface area contributed by atoms with Crippen LogP contribution in [-0.2, 0) is 4.79 Å². The van der Waals surface area contributed by atoms with Gasteiger partial charge in [0, 0.05) is 29.9 Å². The molecule has 0 bridgehead atoms. The van der Waals surface area contributed by atoms with Gasteiger partial charge < -0.3 is 24.8 Å². The van der Waals surface area contributed by atoms with Gasteiger partial charge in [0.15, 0.2) is 17.3 Å². The number of Topliss-reactive ketones (excluding diaryl/α,β-unsaturated/α-hetero) is 1. The molecule has 1 aromatic heterocycles. The number of halogens is 1. The number of carbonyl (C=O) groups excluding carboxylic acids is 2. The largest absolute Gasteiger partial charge is 0.486 e. The number of hydrogen-bond donors (Lipinski definition) is 2. The van der Waals surface area contributed by atoms with Crippen LogP contribution in [-0.4, -0.2) is 70.4 Å². The lowest BCUT2D eigenvalue weighted by molar-refractivity contribution is -0.118. The molecule has 9 nitrogen and oxygen atoms in total. The van der Waals surface area contributed by atoms with Gasteiger partial charge in [-0.15, -0.1) is 0 Å². The SMILES string of the molecule is CC(C)n1ccc(-c2ccc(C(=O)C(=O)N[C@H](CN3CCCC3)[C@H](O)c3cc(F)c4c(c3)OCCO4)cc2)n1. The zero-order valence-corrected chi connectivity index (χ0v) is 22.1. The molecule has 10 heteroatoms. The Hall–Kier alpha value is -3.76. The highest BCUT2D eigenvalue weighted by Crippen LogP contribution is 2.36. The van der Waals surface area contributed by atoms with Gasteiger partial charge in [-0.2, -0.15) is 5.10 Å². The van der Waals surface area contributed by atoms with E-state index in [1.54, 1.807) is 24.3 Å². The highest BCUT2D eigenvalue weighted by Gasteiger charge is 2.31. The van der Waals surface area contributed by atoms with Gasteiger partial charge in [0.2, 0.25) is 5.78 Å². The number of carbonyl (C=O) groups is 2. The first-order chi connectivity index (χ1) is 18.8. The molecular formula is C29H33FN4O5. The lowest BCUT2D eigenvalue weighted by atomic mass is 9.99. The van der Waals surface area contributed by atoms with Crippen molar-refractivity contribution in [3.05, 3.63) is 65.6 Å². The molecule has 0 aliphatic carbocycles. The number of fused-ring (bicyclic) bond motifs is 1. The number of benzene rings is 2. The fraction of sp³-hybridized carbons (Fsp3) is 0.414. The van der Waals surface area contributed by atoms with E-state index in [2.05, 4.69) is 15.3 Å². The van der Waals surface area contributed by atoms with E-state index < -0.39 is 29.7 Å². The van der Waals surface area contributed by atoms with Gasteiger partial charge in [-0.3, -0.25) is 14.3 Å². The smallest absolute Gasteiger partial charge is 0.292 e.